The Morgan fingerprint density at radius 3 is 2.27 bits per heavy atom. The van der Waals surface area contributed by atoms with E-state index in [1.807, 2.05) is 12.1 Å². The van der Waals surface area contributed by atoms with E-state index in [4.69, 9.17) is 5.11 Å². The van der Waals surface area contributed by atoms with Gasteiger partial charge in [0.25, 0.3) is 0 Å². The zero-order valence-corrected chi connectivity index (χ0v) is 13.0. The second-order valence-corrected chi connectivity index (χ2v) is 5.46. The van der Waals surface area contributed by atoms with Crippen molar-refractivity contribution >= 4 is 5.97 Å². The van der Waals surface area contributed by atoms with Gasteiger partial charge in [-0.25, -0.2) is 4.79 Å². The fourth-order valence-electron chi connectivity index (χ4n) is 2.34. The number of aryl methyl sites for hydroxylation is 1. The predicted molar refractivity (Wildman–Crippen MR) is 86.9 cm³/mol. The van der Waals surface area contributed by atoms with Gasteiger partial charge in [0.15, 0.2) is 0 Å². The number of rotatable bonds is 8. The molecule has 22 heavy (non-hydrogen) atoms. The molecule has 0 aliphatic carbocycles. The number of aromatic carboxylic acids is 1. The first kappa shape index (κ1) is 16.1. The molecule has 0 aliphatic rings. The van der Waals surface area contributed by atoms with Gasteiger partial charge in [-0.05, 0) is 37.1 Å². The highest BCUT2D eigenvalue weighted by Crippen LogP contribution is 2.17. The molecular weight excluding hydrogens is 276 g/mol. The SMILES string of the molecule is CCCCCCCc1ccc(-c2ccc(C(=O)O)cc2)nn1. The minimum atomic E-state index is -0.920. The Morgan fingerprint density at radius 2 is 1.68 bits per heavy atom. The van der Waals surface area contributed by atoms with Crippen LogP contribution in [0.3, 0.4) is 0 Å². The molecule has 0 fully saturated rings. The molecule has 0 saturated carbocycles. The van der Waals surface area contributed by atoms with Gasteiger partial charge < -0.3 is 5.11 Å². The molecule has 116 valence electrons. The molecule has 0 unspecified atom stereocenters. The number of hydrogen-bond donors (Lipinski definition) is 1. The number of carbonyl (C=O) groups is 1. The molecule has 0 spiro atoms. The number of unbranched alkanes of at least 4 members (excludes halogenated alkanes) is 4. The van der Waals surface area contributed by atoms with Crippen molar-refractivity contribution in [1.29, 1.82) is 0 Å². The van der Waals surface area contributed by atoms with Crippen molar-refractivity contribution in [3.63, 3.8) is 0 Å². The molecule has 1 heterocycles. The van der Waals surface area contributed by atoms with E-state index in [0.29, 0.717) is 0 Å². The lowest BCUT2D eigenvalue weighted by Gasteiger charge is -2.03. The van der Waals surface area contributed by atoms with Crippen LogP contribution in [0, 0.1) is 0 Å². The van der Waals surface area contributed by atoms with Gasteiger partial charge in [0.2, 0.25) is 0 Å². The van der Waals surface area contributed by atoms with E-state index < -0.39 is 5.97 Å². The van der Waals surface area contributed by atoms with Crippen LogP contribution in [0.15, 0.2) is 36.4 Å². The Hall–Kier alpha value is -2.23. The summed E-state index contributed by atoms with van der Waals surface area (Å²) in [5.74, 6) is -0.920. The van der Waals surface area contributed by atoms with Crippen molar-refractivity contribution in [2.24, 2.45) is 0 Å². The molecule has 1 aromatic heterocycles. The van der Waals surface area contributed by atoms with Crippen LogP contribution in [0.4, 0.5) is 0 Å². The highest BCUT2D eigenvalue weighted by atomic mass is 16.4. The van der Waals surface area contributed by atoms with Gasteiger partial charge in [-0.1, -0.05) is 44.7 Å². The number of aromatic nitrogens is 2. The molecule has 4 heteroatoms. The third-order valence-corrected chi connectivity index (χ3v) is 3.68. The number of benzene rings is 1. The molecule has 4 nitrogen and oxygen atoms in total. The zero-order chi connectivity index (χ0) is 15.8. The smallest absolute Gasteiger partial charge is 0.335 e. The van der Waals surface area contributed by atoms with Crippen LogP contribution in [0.1, 0.15) is 55.1 Å². The predicted octanol–water partition coefficient (Wildman–Crippen LogP) is 4.35. The van der Waals surface area contributed by atoms with E-state index in [9.17, 15) is 4.79 Å². The van der Waals surface area contributed by atoms with Crippen LogP contribution in [-0.2, 0) is 6.42 Å². The molecule has 0 atom stereocenters. The van der Waals surface area contributed by atoms with Crippen molar-refractivity contribution in [2.45, 2.75) is 45.4 Å². The molecule has 1 aromatic carbocycles. The number of carboxylic acids is 1. The fourth-order valence-corrected chi connectivity index (χ4v) is 2.34. The third kappa shape index (κ3) is 4.65. The van der Waals surface area contributed by atoms with Crippen molar-refractivity contribution in [3.8, 4) is 11.3 Å². The summed E-state index contributed by atoms with van der Waals surface area (Å²) in [6.07, 6.45) is 7.22. The molecule has 0 aliphatic heterocycles. The van der Waals surface area contributed by atoms with Crippen LogP contribution in [0.5, 0.6) is 0 Å². The van der Waals surface area contributed by atoms with Crippen LogP contribution in [0.2, 0.25) is 0 Å². The summed E-state index contributed by atoms with van der Waals surface area (Å²) in [7, 11) is 0. The van der Waals surface area contributed by atoms with Gasteiger partial charge in [-0.3, -0.25) is 0 Å². The molecule has 0 saturated heterocycles. The normalized spacial score (nSPS) is 10.6. The van der Waals surface area contributed by atoms with Gasteiger partial charge in [0.1, 0.15) is 0 Å². The molecule has 2 rings (SSSR count). The van der Waals surface area contributed by atoms with E-state index in [1.165, 1.54) is 25.7 Å². The van der Waals surface area contributed by atoms with E-state index in [-0.39, 0.29) is 5.56 Å². The lowest BCUT2D eigenvalue weighted by Crippen LogP contribution is -1.97. The maximum atomic E-state index is 10.8. The molecule has 2 aromatic rings. The summed E-state index contributed by atoms with van der Waals surface area (Å²) < 4.78 is 0. The summed E-state index contributed by atoms with van der Waals surface area (Å²) in [6.45, 7) is 2.22. The molecule has 0 amide bonds. The lowest BCUT2D eigenvalue weighted by molar-refractivity contribution is 0.0697. The number of nitrogens with zero attached hydrogens (tertiary/aromatic N) is 2. The minimum Gasteiger partial charge on any atom is -0.478 e. The summed E-state index contributed by atoms with van der Waals surface area (Å²) >= 11 is 0. The minimum absolute atomic E-state index is 0.278. The fraction of sp³-hybridized carbons (Fsp3) is 0.389. The van der Waals surface area contributed by atoms with Crippen LogP contribution in [-0.4, -0.2) is 21.3 Å². The number of carboxylic acid groups (broad SMARTS) is 1. The maximum Gasteiger partial charge on any atom is 0.335 e. The number of hydrogen-bond acceptors (Lipinski definition) is 3. The van der Waals surface area contributed by atoms with Gasteiger partial charge in [-0.15, -0.1) is 0 Å². The average Bonchev–Trinajstić information content (AvgIpc) is 2.55. The first-order valence-corrected chi connectivity index (χ1v) is 7.87. The van der Waals surface area contributed by atoms with E-state index in [0.717, 1.165) is 29.8 Å². The van der Waals surface area contributed by atoms with Gasteiger partial charge >= 0.3 is 5.97 Å². The Labute approximate surface area is 131 Å². The molecule has 1 N–H and O–H groups in total. The van der Waals surface area contributed by atoms with Crippen molar-refractivity contribution in [3.05, 3.63) is 47.7 Å². The molecule has 0 radical (unpaired) electrons. The van der Waals surface area contributed by atoms with Gasteiger partial charge in [0.05, 0.1) is 17.0 Å². The molecular formula is C18H22N2O2. The van der Waals surface area contributed by atoms with Crippen LogP contribution >= 0.6 is 0 Å². The Balaban J connectivity index is 1.92. The summed E-state index contributed by atoms with van der Waals surface area (Å²) in [6, 6.07) is 10.6. The second-order valence-electron chi connectivity index (χ2n) is 5.46. The van der Waals surface area contributed by atoms with Crippen molar-refractivity contribution < 1.29 is 9.90 Å². The van der Waals surface area contributed by atoms with Gasteiger partial charge in [0, 0.05) is 5.56 Å². The van der Waals surface area contributed by atoms with E-state index >= 15 is 0 Å². The topological polar surface area (TPSA) is 63.1 Å². The first-order valence-electron chi connectivity index (χ1n) is 7.87. The first-order chi connectivity index (χ1) is 10.7. The van der Waals surface area contributed by atoms with E-state index in [1.54, 1.807) is 24.3 Å². The third-order valence-electron chi connectivity index (χ3n) is 3.68. The highest BCUT2D eigenvalue weighted by molar-refractivity contribution is 5.88. The Morgan fingerprint density at radius 1 is 0.955 bits per heavy atom. The standard InChI is InChI=1S/C18H22N2O2/c1-2-3-4-5-6-7-16-12-13-17(20-19-16)14-8-10-15(11-9-14)18(21)22/h8-13H,2-7H2,1H3,(H,21,22). The quantitative estimate of drug-likeness (QED) is 0.736. The van der Waals surface area contributed by atoms with Crippen molar-refractivity contribution in [2.75, 3.05) is 0 Å². The van der Waals surface area contributed by atoms with Crippen molar-refractivity contribution in [1.82, 2.24) is 10.2 Å². The maximum absolute atomic E-state index is 10.8. The van der Waals surface area contributed by atoms with Gasteiger partial charge in [-0.2, -0.15) is 10.2 Å². The average molecular weight is 298 g/mol. The largest absolute Gasteiger partial charge is 0.478 e. The monoisotopic (exact) mass is 298 g/mol. The summed E-state index contributed by atoms with van der Waals surface area (Å²) in [5, 5.41) is 17.4. The van der Waals surface area contributed by atoms with E-state index in [2.05, 4.69) is 17.1 Å². The Bertz CT molecular complexity index is 591. The lowest BCUT2D eigenvalue weighted by atomic mass is 10.1. The van der Waals surface area contributed by atoms with Crippen LogP contribution in [0.25, 0.3) is 11.3 Å². The second kappa shape index (κ2) is 8.27. The summed E-state index contributed by atoms with van der Waals surface area (Å²) in [4.78, 5) is 10.8. The Kier molecular flexibility index (Phi) is 6.07. The molecule has 0 bridgehead atoms. The highest BCUT2D eigenvalue weighted by Gasteiger charge is 2.05. The van der Waals surface area contributed by atoms with Crippen LogP contribution < -0.4 is 0 Å². The summed E-state index contributed by atoms with van der Waals surface area (Å²) in [5.41, 5.74) is 2.95. The zero-order valence-electron chi connectivity index (χ0n) is 13.0.